The molecule has 94 valence electrons. The van der Waals surface area contributed by atoms with E-state index >= 15 is 0 Å². The van der Waals surface area contributed by atoms with Gasteiger partial charge in [-0.3, -0.25) is 9.59 Å². The Kier molecular flexibility index (Phi) is 4.71. The van der Waals surface area contributed by atoms with Crippen molar-refractivity contribution < 1.29 is 14.7 Å². The second-order valence-corrected chi connectivity index (χ2v) is 3.39. The quantitative estimate of drug-likeness (QED) is 0.493. The van der Waals surface area contributed by atoms with Crippen LogP contribution < -0.4 is 5.32 Å². The summed E-state index contributed by atoms with van der Waals surface area (Å²) in [6.45, 7) is 0. The number of phenols is 1. The van der Waals surface area contributed by atoms with Crippen molar-refractivity contribution in [2.45, 2.75) is 0 Å². The van der Waals surface area contributed by atoms with Crippen molar-refractivity contribution in [3.8, 4) is 5.75 Å². The van der Waals surface area contributed by atoms with Gasteiger partial charge in [0.05, 0.1) is 5.69 Å². The molecule has 0 saturated heterocycles. The number of carbonyl (C=O) groups is 2. The molecule has 1 amide bonds. The number of ketones is 1. The zero-order valence-electron chi connectivity index (χ0n) is 9.31. The van der Waals surface area contributed by atoms with E-state index in [1.54, 1.807) is 36.5 Å². The van der Waals surface area contributed by atoms with Gasteiger partial charge in [0, 0.05) is 6.20 Å². The Bertz CT molecular complexity index is 551. The molecule has 0 aliphatic carbocycles. The van der Waals surface area contributed by atoms with Crippen LogP contribution in [0.3, 0.4) is 0 Å². The zero-order valence-corrected chi connectivity index (χ0v) is 11.4. The van der Waals surface area contributed by atoms with Gasteiger partial charge in [-0.05, 0) is 18.2 Å². The number of carbonyl (C=O) groups excluding carboxylic acids is 2. The molecule has 1 aliphatic heterocycles. The van der Waals surface area contributed by atoms with Crippen molar-refractivity contribution in [2.24, 2.45) is 0 Å². The van der Waals surface area contributed by atoms with Crippen LogP contribution in [0.5, 0.6) is 5.75 Å². The number of Topliss-reactive ketones (excluding diaryl/α,β-unsaturated/α-hetero) is 1. The Morgan fingerprint density at radius 3 is 2.17 bits per heavy atom. The maximum absolute atomic E-state index is 10.8. The molecule has 0 spiro atoms. The van der Waals surface area contributed by atoms with E-state index in [2.05, 4.69) is 10.3 Å². The summed E-state index contributed by atoms with van der Waals surface area (Å²) in [6, 6.07) is 10.4. The van der Waals surface area contributed by atoms with Crippen LogP contribution in [0.4, 0.5) is 5.69 Å². The fraction of sp³-hybridized carbons (Fsp3) is 0. The van der Waals surface area contributed by atoms with Crippen LogP contribution in [-0.4, -0.2) is 38.8 Å². The Labute approximate surface area is 114 Å². The number of aromatic hydroxyl groups is 1. The van der Waals surface area contributed by atoms with E-state index in [1.807, 2.05) is 6.07 Å². The molecule has 2 aromatic rings. The molecule has 1 aromatic heterocycles. The van der Waals surface area contributed by atoms with Crippen LogP contribution in [0.1, 0.15) is 10.5 Å². The molecule has 2 heterocycles. The SMILES string of the molecule is O=C1Nc2cc[nH]c2C1=O.Oc1ccccc1.[SeH2]. The fourth-order valence-electron chi connectivity index (χ4n) is 1.38. The number of H-pyrrole nitrogens is 1. The van der Waals surface area contributed by atoms with Crippen LogP contribution >= 0.6 is 0 Å². The molecular formula is C12H12N2O3Se. The second kappa shape index (κ2) is 6.05. The predicted octanol–water partition coefficient (Wildman–Crippen LogP) is 0.625. The van der Waals surface area contributed by atoms with Crippen molar-refractivity contribution in [1.82, 2.24) is 4.98 Å². The topological polar surface area (TPSA) is 82.2 Å². The number of benzene rings is 1. The number of aromatic amines is 1. The van der Waals surface area contributed by atoms with E-state index in [0.29, 0.717) is 17.1 Å². The first-order valence-electron chi connectivity index (χ1n) is 4.95. The molecule has 1 aromatic carbocycles. The van der Waals surface area contributed by atoms with Crippen LogP contribution in [0.2, 0.25) is 0 Å². The van der Waals surface area contributed by atoms with E-state index in [4.69, 9.17) is 5.11 Å². The molecule has 18 heavy (non-hydrogen) atoms. The number of rotatable bonds is 0. The van der Waals surface area contributed by atoms with Gasteiger partial charge >= 0.3 is 17.1 Å². The fourth-order valence-corrected chi connectivity index (χ4v) is 1.38. The molecule has 1 aliphatic rings. The molecule has 0 fully saturated rings. The minimum absolute atomic E-state index is 0. The average molecular weight is 311 g/mol. The summed E-state index contributed by atoms with van der Waals surface area (Å²) in [5.41, 5.74) is 0.944. The summed E-state index contributed by atoms with van der Waals surface area (Å²) < 4.78 is 0. The van der Waals surface area contributed by atoms with Gasteiger partial charge in [-0.15, -0.1) is 0 Å². The second-order valence-electron chi connectivity index (χ2n) is 3.39. The van der Waals surface area contributed by atoms with Gasteiger partial charge in [-0.1, -0.05) is 18.2 Å². The summed E-state index contributed by atoms with van der Waals surface area (Å²) in [5.74, 6) is -0.718. The van der Waals surface area contributed by atoms with E-state index < -0.39 is 11.7 Å². The molecule has 3 N–H and O–H groups in total. The van der Waals surface area contributed by atoms with Gasteiger partial charge < -0.3 is 15.4 Å². The number of amides is 1. The molecule has 0 unspecified atom stereocenters. The van der Waals surface area contributed by atoms with E-state index in [0.717, 1.165) is 0 Å². The number of fused-ring (bicyclic) bond motifs is 1. The van der Waals surface area contributed by atoms with Crippen LogP contribution in [0, 0.1) is 0 Å². The molecule has 0 saturated carbocycles. The van der Waals surface area contributed by atoms with Crippen LogP contribution in [0.15, 0.2) is 42.6 Å². The van der Waals surface area contributed by atoms with E-state index in [1.165, 1.54) is 0 Å². The number of para-hydroxylation sites is 1. The molecule has 6 heteroatoms. The summed E-state index contributed by atoms with van der Waals surface area (Å²) in [4.78, 5) is 24.1. The summed E-state index contributed by atoms with van der Waals surface area (Å²) in [5, 5.41) is 11.0. The minimum atomic E-state index is -0.554. The average Bonchev–Trinajstić information content (AvgIpc) is 2.86. The normalized spacial score (nSPS) is 11.8. The zero-order chi connectivity index (χ0) is 12.3. The molecule has 0 atom stereocenters. The molecular weight excluding hydrogens is 299 g/mol. The van der Waals surface area contributed by atoms with Crippen molar-refractivity contribution in [1.29, 1.82) is 0 Å². The third-order valence-electron chi connectivity index (χ3n) is 2.18. The summed E-state index contributed by atoms with van der Waals surface area (Å²) >= 11 is 0. The number of aromatic nitrogens is 1. The number of hydrogen-bond acceptors (Lipinski definition) is 3. The maximum atomic E-state index is 10.8. The van der Waals surface area contributed by atoms with E-state index in [-0.39, 0.29) is 17.1 Å². The number of phenolic OH excluding ortho intramolecular Hbond substituents is 1. The van der Waals surface area contributed by atoms with Crippen molar-refractivity contribution >= 4 is 34.4 Å². The number of hydrogen-bond donors (Lipinski definition) is 3. The predicted molar refractivity (Wildman–Crippen MR) is 70.4 cm³/mol. The first kappa shape index (κ1) is 14.0. The molecule has 0 bridgehead atoms. The van der Waals surface area contributed by atoms with Gasteiger partial charge in [0.2, 0.25) is 0 Å². The Morgan fingerprint density at radius 1 is 1.00 bits per heavy atom. The van der Waals surface area contributed by atoms with Crippen molar-refractivity contribution in [3.63, 3.8) is 0 Å². The summed E-state index contributed by atoms with van der Waals surface area (Å²) in [6.07, 6.45) is 1.61. The molecule has 5 nitrogen and oxygen atoms in total. The Hall–Kier alpha value is -2.04. The number of anilines is 1. The van der Waals surface area contributed by atoms with Crippen molar-refractivity contribution in [2.75, 3.05) is 5.32 Å². The van der Waals surface area contributed by atoms with Gasteiger partial charge in [-0.2, -0.15) is 0 Å². The standard InChI is InChI=1S/C6H4N2O2.C6H6O.H2Se/c9-5-4-3(1-2-7-4)8-6(5)10;7-6-4-2-1-3-5-6;/h1-2,7H,(H,8,9,10);1-5,7H;1H2. The Balaban J connectivity index is 0.000000181. The number of nitrogens with one attached hydrogen (secondary N) is 2. The van der Waals surface area contributed by atoms with Crippen LogP contribution in [0.25, 0.3) is 0 Å². The first-order chi connectivity index (χ1) is 8.18. The first-order valence-corrected chi connectivity index (χ1v) is 4.95. The van der Waals surface area contributed by atoms with Gasteiger partial charge in [-0.25, -0.2) is 0 Å². The van der Waals surface area contributed by atoms with Crippen LogP contribution in [-0.2, 0) is 4.79 Å². The van der Waals surface area contributed by atoms with Gasteiger partial charge in [0.25, 0.3) is 11.7 Å². The van der Waals surface area contributed by atoms with Gasteiger partial charge in [0.15, 0.2) is 0 Å². The monoisotopic (exact) mass is 312 g/mol. The van der Waals surface area contributed by atoms with Crippen molar-refractivity contribution in [3.05, 3.63) is 48.3 Å². The van der Waals surface area contributed by atoms with Gasteiger partial charge in [0.1, 0.15) is 11.4 Å². The molecule has 3 rings (SSSR count). The van der Waals surface area contributed by atoms with E-state index in [9.17, 15) is 9.59 Å². The summed E-state index contributed by atoms with van der Waals surface area (Å²) in [7, 11) is 0. The third kappa shape index (κ3) is 3.00. The Morgan fingerprint density at radius 2 is 1.67 bits per heavy atom. The third-order valence-corrected chi connectivity index (χ3v) is 2.18. The molecule has 0 radical (unpaired) electrons.